The van der Waals surface area contributed by atoms with Crippen molar-refractivity contribution in [3.8, 4) is 0 Å². The van der Waals surface area contributed by atoms with E-state index in [1.54, 1.807) is 12.3 Å². The maximum Gasteiger partial charge on any atom is 0.255 e. The fourth-order valence-electron chi connectivity index (χ4n) is 3.31. The topological polar surface area (TPSA) is 54.3 Å². The summed E-state index contributed by atoms with van der Waals surface area (Å²) in [5.74, 6) is 0.634. The number of hydrogen-bond donors (Lipinski definition) is 2. The largest absolute Gasteiger partial charge is 0.469 e. The molecule has 0 unspecified atom stereocenters. The van der Waals surface area contributed by atoms with Crippen LogP contribution in [0.15, 0.2) is 16.7 Å². The molecule has 0 atom stereocenters. The van der Waals surface area contributed by atoms with Crippen LogP contribution in [-0.4, -0.2) is 23.0 Å². The quantitative estimate of drug-likeness (QED) is 0.863. The Labute approximate surface area is 114 Å². The molecule has 1 aliphatic heterocycles. The first-order chi connectivity index (χ1) is 8.69. The molecule has 1 saturated heterocycles. The molecule has 0 aromatic carbocycles. The highest BCUT2D eigenvalue weighted by Gasteiger charge is 2.38. The van der Waals surface area contributed by atoms with Crippen LogP contribution in [0.25, 0.3) is 0 Å². The third-order valence-corrected chi connectivity index (χ3v) is 3.63. The molecule has 1 amide bonds. The van der Waals surface area contributed by atoms with Crippen LogP contribution < -0.4 is 10.6 Å². The minimum Gasteiger partial charge on any atom is -0.469 e. The number of nitrogens with one attached hydrogen (secondary N) is 2. The Kier molecular flexibility index (Phi) is 3.47. The van der Waals surface area contributed by atoms with E-state index >= 15 is 0 Å². The second-order valence-electron chi connectivity index (χ2n) is 6.86. The maximum atomic E-state index is 12.2. The van der Waals surface area contributed by atoms with E-state index in [9.17, 15) is 4.79 Å². The second-order valence-corrected chi connectivity index (χ2v) is 6.86. The number of hydrogen-bond acceptors (Lipinski definition) is 3. The molecule has 0 radical (unpaired) electrons. The highest BCUT2D eigenvalue weighted by Crippen LogP contribution is 2.28. The van der Waals surface area contributed by atoms with E-state index in [-0.39, 0.29) is 23.0 Å². The third kappa shape index (κ3) is 3.38. The summed E-state index contributed by atoms with van der Waals surface area (Å²) in [5, 5.41) is 6.75. The van der Waals surface area contributed by atoms with Crippen molar-refractivity contribution in [1.29, 1.82) is 0 Å². The molecule has 2 N–H and O–H groups in total. The molecule has 1 aromatic rings. The van der Waals surface area contributed by atoms with Gasteiger partial charge in [-0.05, 0) is 53.5 Å². The van der Waals surface area contributed by atoms with Crippen LogP contribution in [0.1, 0.15) is 56.7 Å². The summed E-state index contributed by atoms with van der Waals surface area (Å²) in [6.45, 7) is 10.5. The van der Waals surface area contributed by atoms with E-state index in [2.05, 4.69) is 38.3 Å². The predicted octanol–water partition coefficient (Wildman–Crippen LogP) is 2.63. The van der Waals surface area contributed by atoms with E-state index in [0.29, 0.717) is 11.3 Å². The van der Waals surface area contributed by atoms with E-state index < -0.39 is 0 Å². The van der Waals surface area contributed by atoms with Crippen molar-refractivity contribution in [2.24, 2.45) is 0 Å². The number of rotatable bonds is 2. The third-order valence-electron chi connectivity index (χ3n) is 3.63. The number of amides is 1. The number of carbonyl (C=O) groups excluding carboxylic acids is 1. The Balaban J connectivity index is 2.07. The molecule has 2 heterocycles. The Morgan fingerprint density at radius 2 is 1.89 bits per heavy atom. The number of furan rings is 1. The highest BCUT2D eigenvalue weighted by molar-refractivity contribution is 5.95. The molecule has 1 aliphatic rings. The monoisotopic (exact) mass is 264 g/mol. The molecule has 0 saturated carbocycles. The van der Waals surface area contributed by atoms with Crippen molar-refractivity contribution in [1.82, 2.24) is 10.6 Å². The van der Waals surface area contributed by atoms with Crippen molar-refractivity contribution < 1.29 is 9.21 Å². The molecule has 0 spiro atoms. The van der Waals surface area contributed by atoms with Crippen molar-refractivity contribution >= 4 is 5.91 Å². The second kappa shape index (κ2) is 4.67. The normalized spacial score (nSPS) is 22.2. The zero-order chi connectivity index (χ0) is 14.3. The van der Waals surface area contributed by atoms with Gasteiger partial charge in [0.25, 0.3) is 5.91 Å². The van der Waals surface area contributed by atoms with Crippen molar-refractivity contribution in [2.45, 2.75) is 64.6 Å². The van der Waals surface area contributed by atoms with Gasteiger partial charge < -0.3 is 15.1 Å². The molecule has 2 rings (SSSR count). The summed E-state index contributed by atoms with van der Waals surface area (Å²) in [4.78, 5) is 12.2. The molecule has 106 valence electrons. The van der Waals surface area contributed by atoms with Gasteiger partial charge >= 0.3 is 0 Å². The minimum absolute atomic E-state index is 0.0329. The maximum absolute atomic E-state index is 12.2. The van der Waals surface area contributed by atoms with E-state index in [1.165, 1.54) is 0 Å². The van der Waals surface area contributed by atoms with Gasteiger partial charge in [-0.2, -0.15) is 0 Å². The zero-order valence-corrected chi connectivity index (χ0v) is 12.5. The van der Waals surface area contributed by atoms with Crippen molar-refractivity contribution in [3.63, 3.8) is 0 Å². The van der Waals surface area contributed by atoms with E-state index in [0.717, 1.165) is 12.8 Å². The van der Waals surface area contributed by atoms with E-state index in [1.807, 2.05) is 6.92 Å². The molecule has 0 aliphatic carbocycles. The lowest BCUT2D eigenvalue weighted by molar-refractivity contribution is 0.0872. The van der Waals surface area contributed by atoms with Crippen LogP contribution in [0, 0.1) is 6.92 Å². The highest BCUT2D eigenvalue weighted by atomic mass is 16.3. The van der Waals surface area contributed by atoms with Crippen LogP contribution in [0.2, 0.25) is 0 Å². The Morgan fingerprint density at radius 3 is 2.37 bits per heavy atom. The molecular formula is C15H24N2O2. The van der Waals surface area contributed by atoms with Gasteiger partial charge in [-0.3, -0.25) is 4.79 Å². The van der Waals surface area contributed by atoms with Crippen molar-refractivity contribution in [3.05, 3.63) is 23.7 Å². The first-order valence-electron chi connectivity index (χ1n) is 6.83. The van der Waals surface area contributed by atoms with Crippen LogP contribution in [0.4, 0.5) is 0 Å². The fraction of sp³-hybridized carbons (Fsp3) is 0.667. The molecule has 0 bridgehead atoms. The minimum atomic E-state index is -0.0373. The van der Waals surface area contributed by atoms with Gasteiger partial charge in [0.05, 0.1) is 11.8 Å². The smallest absolute Gasteiger partial charge is 0.255 e. The molecule has 1 aromatic heterocycles. The van der Waals surface area contributed by atoms with Crippen LogP contribution in [0.5, 0.6) is 0 Å². The van der Waals surface area contributed by atoms with E-state index in [4.69, 9.17) is 4.42 Å². The molecule has 4 nitrogen and oxygen atoms in total. The predicted molar refractivity (Wildman–Crippen MR) is 75.2 cm³/mol. The first-order valence-corrected chi connectivity index (χ1v) is 6.83. The summed E-state index contributed by atoms with van der Waals surface area (Å²) in [5.41, 5.74) is 0.699. The molecule has 19 heavy (non-hydrogen) atoms. The zero-order valence-electron chi connectivity index (χ0n) is 12.5. The Morgan fingerprint density at radius 1 is 1.32 bits per heavy atom. The Hall–Kier alpha value is -1.29. The summed E-state index contributed by atoms with van der Waals surface area (Å²) in [7, 11) is 0. The van der Waals surface area contributed by atoms with Crippen LogP contribution in [-0.2, 0) is 0 Å². The first kappa shape index (κ1) is 14.1. The fourth-order valence-corrected chi connectivity index (χ4v) is 3.31. The Bertz CT molecular complexity index is 458. The number of piperidine rings is 1. The van der Waals surface area contributed by atoms with Crippen molar-refractivity contribution in [2.75, 3.05) is 0 Å². The van der Waals surface area contributed by atoms with Gasteiger partial charge in [0.1, 0.15) is 5.76 Å². The summed E-state index contributed by atoms with van der Waals surface area (Å²) in [6, 6.07) is 1.91. The lowest BCUT2D eigenvalue weighted by Crippen LogP contribution is -2.62. The number of aryl methyl sites for hydroxylation is 1. The van der Waals surface area contributed by atoms with Gasteiger partial charge in [-0.15, -0.1) is 0 Å². The van der Waals surface area contributed by atoms with Gasteiger partial charge in [0.15, 0.2) is 0 Å². The lowest BCUT2D eigenvalue weighted by Gasteiger charge is -2.46. The SMILES string of the molecule is Cc1occc1C(=O)NC1CC(C)(C)NC(C)(C)C1. The van der Waals surface area contributed by atoms with Crippen LogP contribution in [0.3, 0.4) is 0 Å². The van der Waals surface area contributed by atoms with Gasteiger partial charge in [0.2, 0.25) is 0 Å². The average molecular weight is 264 g/mol. The van der Waals surface area contributed by atoms with Gasteiger partial charge in [-0.25, -0.2) is 0 Å². The van der Waals surface area contributed by atoms with Gasteiger partial charge in [0, 0.05) is 17.1 Å². The molecule has 1 fully saturated rings. The molecule has 4 heteroatoms. The summed E-state index contributed by atoms with van der Waals surface area (Å²) >= 11 is 0. The standard InChI is InChI=1S/C15H24N2O2/c1-10-12(6-7-19-10)13(18)16-11-8-14(2,3)17-15(4,5)9-11/h6-7,11,17H,8-9H2,1-5H3,(H,16,18). The van der Waals surface area contributed by atoms with Gasteiger partial charge in [-0.1, -0.05) is 0 Å². The molecular weight excluding hydrogens is 240 g/mol. The summed E-state index contributed by atoms with van der Waals surface area (Å²) < 4.78 is 5.18. The number of carbonyl (C=O) groups is 1. The lowest BCUT2D eigenvalue weighted by atomic mass is 9.79. The summed E-state index contributed by atoms with van der Waals surface area (Å²) in [6.07, 6.45) is 3.42. The average Bonchev–Trinajstić information content (AvgIpc) is 2.58. The van der Waals surface area contributed by atoms with Crippen LogP contribution >= 0.6 is 0 Å².